The van der Waals surface area contributed by atoms with Crippen molar-refractivity contribution in [3.63, 3.8) is 0 Å². The highest BCUT2D eigenvalue weighted by atomic mass is 32.1. The Morgan fingerprint density at radius 1 is 1.33 bits per heavy atom. The van der Waals surface area contributed by atoms with Crippen LogP contribution < -0.4 is 5.32 Å². The number of benzene rings is 1. The van der Waals surface area contributed by atoms with E-state index in [4.69, 9.17) is 0 Å². The molecule has 6 heteroatoms. The quantitative estimate of drug-likeness (QED) is 0.856. The third kappa shape index (κ3) is 4.09. The number of aliphatic hydroxyl groups excluding tert-OH is 1. The van der Waals surface area contributed by atoms with Crippen LogP contribution in [0.4, 0.5) is 0 Å². The Hall–Kier alpha value is -1.79. The van der Waals surface area contributed by atoms with Gasteiger partial charge >= 0.3 is 0 Å². The molecule has 0 fully saturated rings. The first-order chi connectivity index (χ1) is 10.1. The Bertz CT molecular complexity index is 584. The van der Waals surface area contributed by atoms with Crippen LogP contribution in [0.3, 0.4) is 0 Å². The SMILES string of the molecule is CC(C)c1nnsc1C(=O)N[C@@H](CO)Cc1ccccc1. The van der Waals surface area contributed by atoms with Crippen molar-refractivity contribution in [2.45, 2.75) is 32.2 Å². The first-order valence-electron chi connectivity index (χ1n) is 6.89. The number of nitrogens with zero attached hydrogens (tertiary/aromatic N) is 2. The van der Waals surface area contributed by atoms with Gasteiger partial charge in [-0.05, 0) is 29.4 Å². The molecule has 0 aliphatic heterocycles. The van der Waals surface area contributed by atoms with Crippen molar-refractivity contribution in [3.8, 4) is 0 Å². The fourth-order valence-corrected chi connectivity index (χ4v) is 2.77. The highest BCUT2D eigenvalue weighted by Crippen LogP contribution is 2.19. The fraction of sp³-hybridized carbons (Fsp3) is 0.400. The lowest BCUT2D eigenvalue weighted by molar-refractivity contribution is 0.0919. The second kappa shape index (κ2) is 7.28. The molecule has 0 spiro atoms. The summed E-state index contributed by atoms with van der Waals surface area (Å²) >= 11 is 1.09. The molecule has 2 rings (SSSR count). The lowest BCUT2D eigenvalue weighted by Gasteiger charge is -2.16. The second-order valence-electron chi connectivity index (χ2n) is 5.18. The van der Waals surface area contributed by atoms with E-state index in [2.05, 4.69) is 14.9 Å². The molecule has 1 heterocycles. The average molecular weight is 305 g/mol. The van der Waals surface area contributed by atoms with Crippen LogP contribution in [-0.4, -0.2) is 33.2 Å². The molecule has 0 bridgehead atoms. The topological polar surface area (TPSA) is 75.1 Å². The molecule has 1 aromatic carbocycles. The summed E-state index contributed by atoms with van der Waals surface area (Å²) in [6.45, 7) is 3.84. The Balaban J connectivity index is 2.04. The Morgan fingerprint density at radius 2 is 2.05 bits per heavy atom. The van der Waals surface area contributed by atoms with Crippen molar-refractivity contribution in [1.82, 2.24) is 14.9 Å². The van der Waals surface area contributed by atoms with Crippen LogP contribution in [0.15, 0.2) is 30.3 Å². The van der Waals surface area contributed by atoms with Crippen LogP contribution in [0.1, 0.15) is 40.7 Å². The summed E-state index contributed by atoms with van der Waals surface area (Å²) in [5.41, 5.74) is 1.78. The first-order valence-corrected chi connectivity index (χ1v) is 7.67. The predicted octanol–water partition coefficient (Wildman–Crippen LogP) is 1.99. The van der Waals surface area contributed by atoms with E-state index in [1.807, 2.05) is 44.2 Å². The van der Waals surface area contributed by atoms with Crippen LogP contribution in [0.5, 0.6) is 0 Å². The average Bonchev–Trinajstić information content (AvgIpc) is 2.97. The Morgan fingerprint density at radius 3 is 2.67 bits per heavy atom. The minimum atomic E-state index is -0.318. The molecule has 1 amide bonds. The molecular formula is C15H19N3O2S. The molecule has 1 aromatic heterocycles. The second-order valence-corrected chi connectivity index (χ2v) is 5.94. The molecule has 21 heavy (non-hydrogen) atoms. The van der Waals surface area contributed by atoms with Crippen LogP contribution in [0.25, 0.3) is 0 Å². The van der Waals surface area contributed by atoms with Gasteiger partial charge in [-0.3, -0.25) is 4.79 Å². The lowest BCUT2D eigenvalue weighted by atomic mass is 10.1. The van der Waals surface area contributed by atoms with Gasteiger partial charge in [-0.2, -0.15) is 0 Å². The van der Waals surface area contributed by atoms with Crippen molar-refractivity contribution >= 4 is 17.4 Å². The molecule has 5 nitrogen and oxygen atoms in total. The summed E-state index contributed by atoms with van der Waals surface area (Å²) in [7, 11) is 0. The van der Waals surface area contributed by atoms with Crippen LogP contribution in [0.2, 0.25) is 0 Å². The van der Waals surface area contributed by atoms with E-state index in [9.17, 15) is 9.90 Å². The molecule has 0 aliphatic rings. The molecule has 112 valence electrons. The normalized spacial score (nSPS) is 12.4. The summed E-state index contributed by atoms with van der Waals surface area (Å²) in [5.74, 6) is -0.0742. The minimum absolute atomic E-state index is 0.107. The van der Waals surface area contributed by atoms with E-state index in [1.165, 1.54) is 0 Å². The molecule has 0 saturated carbocycles. The minimum Gasteiger partial charge on any atom is -0.394 e. The van der Waals surface area contributed by atoms with E-state index < -0.39 is 0 Å². The fourth-order valence-electron chi connectivity index (χ4n) is 2.04. The van der Waals surface area contributed by atoms with Gasteiger partial charge in [0, 0.05) is 0 Å². The molecule has 1 atom stereocenters. The van der Waals surface area contributed by atoms with E-state index in [0.717, 1.165) is 17.1 Å². The summed E-state index contributed by atoms with van der Waals surface area (Å²) in [4.78, 5) is 12.8. The zero-order valence-electron chi connectivity index (χ0n) is 12.1. The largest absolute Gasteiger partial charge is 0.394 e. The maximum Gasteiger partial charge on any atom is 0.265 e. The van der Waals surface area contributed by atoms with Gasteiger partial charge in [0.05, 0.1) is 18.3 Å². The maximum atomic E-state index is 12.3. The predicted molar refractivity (Wildman–Crippen MR) is 82.5 cm³/mol. The van der Waals surface area contributed by atoms with Gasteiger partial charge in [-0.15, -0.1) is 5.10 Å². The molecule has 0 saturated heterocycles. The third-order valence-corrected chi connectivity index (χ3v) is 3.89. The van der Waals surface area contributed by atoms with Gasteiger partial charge < -0.3 is 10.4 Å². The highest BCUT2D eigenvalue weighted by Gasteiger charge is 2.21. The van der Waals surface area contributed by atoms with Crippen molar-refractivity contribution in [1.29, 1.82) is 0 Å². The van der Waals surface area contributed by atoms with Gasteiger partial charge in [0.15, 0.2) is 0 Å². The number of hydrogen-bond acceptors (Lipinski definition) is 5. The number of amides is 1. The maximum absolute atomic E-state index is 12.3. The van der Waals surface area contributed by atoms with Gasteiger partial charge in [-0.25, -0.2) is 0 Å². The molecule has 0 radical (unpaired) electrons. The number of carbonyl (C=O) groups excluding carboxylic acids is 1. The van der Waals surface area contributed by atoms with Gasteiger partial charge in [0.2, 0.25) is 0 Å². The number of carbonyl (C=O) groups is 1. The van der Waals surface area contributed by atoms with Crippen molar-refractivity contribution in [2.24, 2.45) is 0 Å². The van der Waals surface area contributed by atoms with Gasteiger partial charge in [-0.1, -0.05) is 48.7 Å². The zero-order chi connectivity index (χ0) is 15.2. The zero-order valence-corrected chi connectivity index (χ0v) is 12.9. The van der Waals surface area contributed by atoms with E-state index >= 15 is 0 Å². The summed E-state index contributed by atoms with van der Waals surface area (Å²) in [6, 6.07) is 9.45. The molecule has 2 aromatic rings. The Labute approximate surface area is 128 Å². The molecular weight excluding hydrogens is 286 g/mol. The van der Waals surface area contributed by atoms with Gasteiger partial charge in [0.1, 0.15) is 4.88 Å². The number of aromatic nitrogens is 2. The molecule has 0 aliphatic carbocycles. The summed E-state index contributed by atoms with van der Waals surface area (Å²) in [5, 5.41) is 16.3. The smallest absolute Gasteiger partial charge is 0.265 e. The van der Waals surface area contributed by atoms with E-state index in [1.54, 1.807) is 0 Å². The summed E-state index contributed by atoms with van der Waals surface area (Å²) in [6.07, 6.45) is 0.590. The Kier molecular flexibility index (Phi) is 5.41. The lowest BCUT2D eigenvalue weighted by Crippen LogP contribution is -2.39. The van der Waals surface area contributed by atoms with Crippen molar-refractivity contribution < 1.29 is 9.90 Å². The van der Waals surface area contributed by atoms with Crippen molar-refractivity contribution in [2.75, 3.05) is 6.61 Å². The first kappa shape index (κ1) is 15.6. The highest BCUT2D eigenvalue weighted by molar-refractivity contribution is 7.08. The van der Waals surface area contributed by atoms with Crippen LogP contribution >= 0.6 is 11.5 Å². The number of rotatable bonds is 6. The van der Waals surface area contributed by atoms with E-state index in [0.29, 0.717) is 17.0 Å². The number of hydrogen-bond donors (Lipinski definition) is 2. The third-order valence-electron chi connectivity index (χ3n) is 3.15. The summed E-state index contributed by atoms with van der Waals surface area (Å²) < 4.78 is 3.85. The number of aliphatic hydroxyl groups is 1. The number of nitrogens with one attached hydrogen (secondary N) is 1. The van der Waals surface area contributed by atoms with E-state index in [-0.39, 0.29) is 24.5 Å². The van der Waals surface area contributed by atoms with Gasteiger partial charge in [0.25, 0.3) is 5.91 Å². The van der Waals surface area contributed by atoms with Crippen LogP contribution in [0, 0.1) is 0 Å². The molecule has 0 unspecified atom stereocenters. The monoisotopic (exact) mass is 305 g/mol. The van der Waals surface area contributed by atoms with Crippen molar-refractivity contribution in [3.05, 3.63) is 46.5 Å². The molecule has 2 N–H and O–H groups in total. The van der Waals surface area contributed by atoms with Crippen LogP contribution in [-0.2, 0) is 6.42 Å². The standard InChI is InChI=1S/C15H19N3O2S/c1-10(2)13-14(21-18-17-13)15(20)16-12(9-19)8-11-6-4-3-5-7-11/h3-7,10,12,19H,8-9H2,1-2H3,(H,16,20)/t12-/m1/s1.